The Kier molecular flexibility index (Phi) is 4.41. The van der Waals surface area contributed by atoms with Gasteiger partial charge in [0.05, 0.1) is 17.8 Å². The van der Waals surface area contributed by atoms with Gasteiger partial charge < -0.3 is 10.1 Å². The van der Waals surface area contributed by atoms with E-state index in [9.17, 15) is 13.6 Å². The minimum Gasteiger partial charge on any atom is -0.371 e. The van der Waals surface area contributed by atoms with Crippen molar-refractivity contribution in [3.05, 3.63) is 51.9 Å². The average molecular weight is 389 g/mol. The van der Waals surface area contributed by atoms with Gasteiger partial charge in [-0.3, -0.25) is 9.78 Å². The Labute approximate surface area is 159 Å². The minimum atomic E-state index is -0.922. The summed E-state index contributed by atoms with van der Waals surface area (Å²) in [4.78, 5) is 19.7. The van der Waals surface area contributed by atoms with Gasteiger partial charge in [-0.1, -0.05) is 6.07 Å². The fourth-order valence-corrected chi connectivity index (χ4v) is 3.41. The third-order valence-corrected chi connectivity index (χ3v) is 4.76. The number of fused-ring (bicyclic) bond motifs is 1. The van der Waals surface area contributed by atoms with E-state index in [0.717, 1.165) is 12.1 Å². The Morgan fingerprint density at radius 1 is 1.29 bits per heavy atom. The van der Waals surface area contributed by atoms with E-state index < -0.39 is 17.7 Å². The maximum absolute atomic E-state index is 13.6. The summed E-state index contributed by atoms with van der Waals surface area (Å²) in [7, 11) is 0. The lowest BCUT2D eigenvalue weighted by Crippen LogP contribution is -2.27. The smallest absolute Gasteiger partial charge is 0.263 e. The molecule has 2 atom stereocenters. The van der Waals surface area contributed by atoms with Crippen LogP contribution in [0.3, 0.4) is 0 Å². The molecule has 1 fully saturated rings. The second-order valence-corrected chi connectivity index (χ2v) is 7.88. The van der Waals surface area contributed by atoms with Crippen LogP contribution in [0.25, 0.3) is 11.0 Å². The molecule has 2 unspecified atom stereocenters. The molecule has 1 aliphatic rings. The molecule has 1 aromatic carbocycles. The molecule has 2 N–H and O–H groups in total. The first-order valence-electron chi connectivity index (χ1n) is 9.05. The third-order valence-electron chi connectivity index (χ3n) is 4.76. The number of aromatic nitrogens is 4. The fraction of sp³-hybridized carbons (Fsp3) is 0.421. The van der Waals surface area contributed by atoms with Gasteiger partial charge in [-0.15, -0.1) is 0 Å². The summed E-state index contributed by atoms with van der Waals surface area (Å²) in [5, 5.41) is 7.86. The summed E-state index contributed by atoms with van der Waals surface area (Å²) in [6.07, 6.45) is 1.65. The van der Waals surface area contributed by atoms with Crippen molar-refractivity contribution in [3.8, 4) is 0 Å². The summed E-state index contributed by atoms with van der Waals surface area (Å²) >= 11 is 0. The quantitative estimate of drug-likeness (QED) is 0.719. The molecule has 0 spiro atoms. The third kappa shape index (κ3) is 3.26. The van der Waals surface area contributed by atoms with Crippen molar-refractivity contribution >= 4 is 17.0 Å². The number of aromatic amines is 1. The van der Waals surface area contributed by atoms with Gasteiger partial charge in [-0.2, -0.15) is 10.1 Å². The van der Waals surface area contributed by atoms with Crippen LogP contribution in [0.4, 0.5) is 14.7 Å². The van der Waals surface area contributed by atoms with Crippen molar-refractivity contribution in [2.24, 2.45) is 0 Å². The van der Waals surface area contributed by atoms with E-state index in [4.69, 9.17) is 4.74 Å². The minimum absolute atomic E-state index is 0.253. The highest BCUT2D eigenvalue weighted by Gasteiger charge is 2.31. The molecule has 0 bridgehead atoms. The van der Waals surface area contributed by atoms with E-state index >= 15 is 0 Å². The van der Waals surface area contributed by atoms with Gasteiger partial charge in [0.15, 0.2) is 17.3 Å². The van der Waals surface area contributed by atoms with Crippen molar-refractivity contribution in [1.82, 2.24) is 19.7 Å². The van der Waals surface area contributed by atoms with Crippen LogP contribution in [0.5, 0.6) is 0 Å². The van der Waals surface area contributed by atoms with E-state index in [1.165, 1.54) is 12.3 Å². The zero-order chi connectivity index (χ0) is 20.1. The van der Waals surface area contributed by atoms with Crippen LogP contribution in [0.2, 0.25) is 0 Å². The zero-order valence-corrected chi connectivity index (χ0v) is 15.8. The van der Waals surface area contributed by atoms with Gasteiger partial charge in [0.25, 0.3) is 5.56 Å². The van der Waals surface area contributed by atoms with E-state index in [-0.39, 0.29) is 23.1 Å². The van der Waals surface area contributed by atoms with E-state index in [2.05, 4.69) is 20.4 Å². The first-order valence-corrected chi connectivity index (χ1v) is 9.05. The van der Waals surface area contributed by atoms with Gasteiger partial charge in [-0.25, -0.2) is 13.5 Å². The topological polar surface area (TPSA) is 84.8 Å². The van der Waals surface area contributed by atoms with E-state index in [1.807, 2.05) is 20.8 Å². The van der Waals surface area contributed by atoms with Gasteiger partial charge in [-0.05, 0) is 44.9 Å². The number of nitrogens with one attached hydrogen (secondary N) is 2. The molecule has 4 rings (SSSR count). The second-order valence-electron chi connectivity index (χ2n) is 7.88. The highest BCUT2D eigenvalue weighted by Crippen LogP contribution is 2.31. The van der Waals surface area contributed by atoms with Crippen molar-refractivity contribution < 1.29 is 13.5 Å². The lowest BCUT2D eigenvalue weighted by molar-refractivity contribution is 0.107. The first-order chi connectivity index (χ1) is 13.2. The Morgan fingerprint density at radius 3 is 2.79 bits per heavy atom. The molecule has 3 heterocycles. The molecule has 0 amide bonds. The van der Waals surface area contributed by atoms with Crippen molar-refractivity contribution in [1.29, 1.82) is 0 Å². The van der Waals surface area contributed by atoms with Gasteiger partial charge >= 0.3 is 0 Å². The highest BCUT2D eigenvalue weighted by atomic mass is 19.2. The highest BCUT2D eigenvalue weighted by molar-refractivity contribution is 5.74. The maximum Gasteiger partial charge on any atom is 0.263 e. The van der Waals surface area contributed by atoms with E-state index in [1.54, 1.807) is 4.68 Å². The molecule has 1 aliphatic heterocycles. The molecule has 0 radical (unpaired) electrons. The van der Waals surface area contributed by atoms with Crippen molar-refractivity contribution in [3.63, 3.8) is 0 Å². The monoisotopic (exact) mass is 389 g/mol. The Hall–Kier alpha value is -2.81. The second kappa shape index (κ2) is 6.66. The van der Waals surface area contributed by atoms with Crippen LogP contribution in [0, 0.1) is 11.6 Å². The number of ether oxygens (including phenoxy) is 1. The van der Waals surface area contributed by atoms with Gasteiger partial charge in [0.1, 0.15) is 11.5 Å². The summed E-state index contributed by atoms with van der Waals surface area (Å²) in [5.74, 6) is -1.54. The Morgan fingerprint density at radius 2 is 2.07 bits per heavy atom. The number of hydrogen-bond donors (Lipinski definition) is 2. The molecule has 3 aromatic rings. The predicted molar refractivity (Wildman–Crippen MR) is 100 cm³/mol. The average Bonchev–Trinajstić information content (AvgIpc) is 3.24. The molecule has 1 saturated heterocycles. The van der Waals surface area contributed by atoms with Crippen LogP contribution in [0.15, 0.2) is 29.2 Å². The molecular weight excluding hydrogens is 368 g/mol. The molecule has 2 aromatic heterocycles. The van der Waals surface area contributed by atoms with Gasteiger partial charge in [0.2, 0.25) is 5.95 Å². The van der Waals surface area contributed by atoms with E-state index in [0.29, 0.717) is 29.6 Å². The number of nitrogens with zero attached hydrogens (tertiary/aromatic N) is 3. The van der Waals surface area contributed by atoms with Crippen molar-refractivity contribution in [2.45, 2.75) is 44.9 Å². The lowest BCUT2D eigenvalue weighted by atomic mass is 10.0. The predicted octanol–water partition coefficient (Wildman–Crippen LogP) is 3.09. The molecular formula is C19H21F2N5O2. The lowest BCUT2D eigenvalue weighted by Gasteiger charge is -2.22. The number of hydrogen-bond acceptors (Lipinski definition) is 5. The fourth-order valence-electron chi connectivity index (χ4n) is 3.41. The largest absolute Gasteiger partial charge is 0.371 e. The molecule has 0 saturated carbocycles. The molecule has 9 heteroatoms. The number of H-pyrrole nitrogens is 1. The maximum atomic E-state index is 13.6. The Balaban J connectivity index is 1.67. The molecule has 28 heavy (non-hydrogen) atoms. The molecule has 0 aliphatic carbocycles. The molecule has 148 valence electrons. The first kappa shape index (κ1) is 18.5. The molecule has 7 nitrogen and oxygen atoms in total. The van der Waals surface area contributed by atoms with Gasteiger partial charge in [0, 0.05) is 6.61 Å². The van der Waals surface area contributed by atoms with Crippen LogP contribution in [0.1, 0.15) is 38.9 Å². The van der Waals surface area contributed by atoms with Crippen LogP contribution >= 0.6 is 0 Å². The zero-order valence-electron chi connectivity index (χ0n) is 15.8. The number of rotatable bonds is 3. The summed E-state index contributed by atoms with van der Waals surface area (Å²) in [5.41, 5.74) is 0.357. The van der Waals surface area contributed by atoms with Crippen LogP contribution in [-0.2, 0) is 10.3 Å². The standard InChI is InChI=1S/C19H21F2N5O2/c1-19(2,3)26-16-11(9-22-26)17(27)25-18(24-16)23-14-6-7-28-15(14)10-4-5-12(20)13(21)8-10/h4-5,8-9,14-15H,6-7H2,1-3H3,(H2,23,24,25,27). The number of benzene rings is 1. The summed E-state index contributed by atoms with van der Waals surface area (Å²) < 4.78 is 34.3. The Bertz CT molecular complexity index is 1090. The summed E-state index contributed by atoms with van der Waals surface area (Å²) in [6.45, 7) is 6.37. The van der Waals surface area contributed by atoms with Crippen molar-refractivity contribution in [2.75, 3.05) is 11.9 Å². The normalized spacial score (nSPS) is 20.0. The van der Waals surface area contributed by atoms with Crippen LogP contribution < -0.4 is 10.9 Å². The number of anilines is 1. The van der Waals surface area contributed by atoms with Crippen LogP contribution in [-0.4, -0.2) is 32.4 Å². The number of halogens is 2. The summed E-state index contributed by atoms with van der Waals surface area (Å²) in [6, 6.07) is 3.46. The SMILES string of the molecule is CC(C)(C)n1ncc2c(=O)[nH]c(NC3CCOC3c3ccc(F)c(F)c3)nc21.